The number of rotatable bonds is 15. The number of aromatic nitrogens is 8. The number of carbonyl (C=O) groups is 2. The van der Waals surface area contributed by atoms with Gasteiger partial charge in [0.25, 0.3) is 5.91 Å². The molecular weight excluding hydrogens is 843 g/mol. The summed E-state index contributed by atoms with van der Waals surface area (Å²) in [6.07, 6.45) is 19.6. The lowest BCUT2D eigenvalue weighted by Gasteiger charge is -2.07. The van der Waals surface area contributed by atoms with Gasteiger partial charge in [-0.2, -0.15) is 10.2 Å². The molecule has 0 radical (unpaired) electrons. The summed E-state index contributed by atoms with van der Waals surface area (Å²) in [7, 11) is 0. The van der Waals surface area contributed by atoms with Gasteiger partial charge in [0, 0.05) is 53.8 Å². The number of hydrogen-bond donors (Lipinski definition) is 3. The van der Waals surface area contributed by atoms with E-state index >= 15 is 0 Å². The molecular formula is C46H46Cl2N10O5. The highest BCUT2D eigenvalue weighted by molar-refractivity contribution is 6.31. The third-order valence-electron chi connectivity index (χ3n) is 10.2. The van der Waals surface area contributed by atoms with Crippen molar-refractivity contribution in [2.75, 3.05) is 26.3 Å². The number of amides is 1. The zero-order valence-electron chi connectivity index (χ0n) is 34.3. The quantitative estimate of drug-likeness (QED) is 0.0862. The summed E-state index contributed by atoms with van der Waals surface area (Å²) < 4.78 is 18.2. The predicted octanol–water partition coefficient (Wildman–Crippen LogP) is 7.75. The highest BCUT2D eigenvalue weighted by atomic mass is 35.5. The van der Waals surface area contributed by atoms with Crippen LogP contribution in [0.2, 0.25) is 10.0 Å². The van der Waals surface area contributed by atoms with E-state index in [9.17, 15) is 9.59 Å². The minimum absolute atomic E-state index is 0.190. The molecule has 63 heavy (non-hydrogen) atoms. The molecule has 0 saturated heterocycles. The number of hydrogen-bond acceptors (Lipinski definition) is 9. The van der Waals surface area contributed by atoms with Crippen molar-refractivity contribution in [2.45, 2.75) is 50.6 Å². The van der Waals surface area contributed by atoms with E-state index in [1.807, 2.05) is 47.1 Å². The minimum atomic E-state index is -0.967. The van der Waals surface area contributed by atoms with Gasteiger partial charge in [0.05, 0.1) is 54.5 Å². The lowest BCUT2D eigenvalue weighted by Crippen LogP contribution is -2.27. The number of carboxylic acid groups (broad SMARTS) is 1. The first-order chi connectivity index (χ1) is 30.6. The SMILES string of the molecule is NCCOc1cccc(Cl)c1.O=C(NCCOc1cccc(Cl)c1)c1cnn(Cc2cn3cc(C4CC4)ccc3n2)c1.O=C(O)c1cnn(Cc2cn3cc(C4CC4)ccc3n2)c1. The molecule has 15 nitrogen and oxygen atoms in total. The first-order valence-electron chi connectivity index (χ1n) is 20.6. The first-order valence-corrected chi connectivity index (χ1v) is 21.4. The van der Waals surface area contributed by atoms with Crippen molar-refractivity contribution in [3.05, 3.63) is 166 Å². The Labute approximate surface area is 373 Å². The second kappa shape index (κ2) is 20.0. The largest absolute Gasteiger partial charge is 0.492 e. The summed E-state index contributed by atoms with van der Waals surface area (Å²) in [6, 6.07) is 22.8. The van der Waals surface area contributed by atoms with Gasteiger partial charge in [-0.05, 0) is 97.2 Å². The Morgan fingerprint density at radius 2 is 1.19 bits per heavy atom. The van der Waals surface area contributed by atoms with Gasteiger partial charge in [0.15, 0.2) is 0 Å². The summed E-state index contributed by atoms with van der Waals surface area (Å²) in [5, 5.41) is 21.4. The second-order valence-corrected chi connectivity index (χ2v) is 16.2. The van der Waals surface area contributed by atoms with Crippen molar-refractivity contribution in [1.82, 2.24) is 43.6 Å². The number of carboxylic acids is 1. The summed E-state index contributed by atoms with van der Waals surface area (Å²) in [6.45, 7) is 2.75. The molecule has 1 amide bonds. The monoisotopic (exact) mass is 888 g/mol. The van der Waals surface area contributed by atoms with Crippen LogP contribution in [0.1, 0.15) is 80.7 Å². The number of aromatic carboxylic acids is 1. The molecule has 17 heteroatoms. The highest BCUT2D eigenvalue weighted by Gasteiger charge is 2.24. The fraction of sp³-hybridized carbons (Fsp3) is 0.261. The molecule has 0 aliphatic heterocycles. The van der Waals surface area contributed by atoms with Crippen LogP contribution in [0.15, 0.2) is 122 Å². The number of ether oxygens (including phenoxy) is 2. The van der Waals surface area contributed by atoms with Crippen LogP contribution in [0.4, 0.5) is 0 Å². The fourth-order valence-corrected chi connectivity index (χ4v) is 7.14. The van der Waals surface area contributed by atoms with Gasteiger partial charge in [0.2, 0.25) is 0 Å². The molecule has 2 aliphatic rings. The number of benzene rings is 2. The van der Waals surface area contributed by atoms with Crippen LogP contribution in [-0.2, 0) is 13.1 Å². The van der Waals surface area contributed by atoms with Crippen LogP contribution in [0.3, 0.4) is 0 Å². The number of nitrogens with zero attached hydrogens (tertiary/aromatic N) is 8. The van der Waals surface area contributed by atoms with Crippen molar-refractivity contribution < 1.29 is 24.2 Å². The summed E-state index contributed by atoms with van der Waals surface area (Å²) in [5.41, 5.74) is 12.3. The second-order valence-electron chi connectivity index (χ2n) is 15.3. The van der Waals surface area contributed by atoms with E-state index in [1.165, 1.54) is 49.2 Å². The molecule has 2 aromatic carbocycles. The molecule has 2 saturated carbocycles. The molecule has 8 aromatic rings. The maximum Gasteiger partial charge on any atom is 0.338 e. The van der Waals surface area contributed by atoms with Gasteiger partial charge in [-0.15, -0.1) is 0 Å². The molecule has 0 bridgehead atoms. The van der Waals surface area contributed by atoms with E-state index < -0.39 is 5.97 Å². The maximum atomic E-state index is 12.4. The third kappa shape index (κ3) is 12.0. The third-order valence-corrected chi connectivity index (χ3v) is 10.7. The van der Waals surface area contributed by atoms with Crippen molar-refractivity contribution >= 4 is 46.4 Å². The highest BCUT2D eigenvalue weighted by Crippen LogP contribution is 2.40. The molecule has 6 heterocycles. The average molecular weight is 890 g/mol. The van der Waals surface area contributed by atoms with Crippen LogP contribution in [0.5, 0.6) is 11.5 Å². The topological polar surface area (TPSA) is 181 Å². The summed E-state index contributed by atoms with van der Waals surface area (Å²) >= 11 is 11.6. The Morgan fingerprint density at radius 3 is 1.67 bits per heavy atom. The van der Waals surface area contributed by atoms with Gasteiger partial charge in [-0.3, -0.25) is 14.2 Å². The summed E-state index contributed by atoms with van der Waals surface area (Å²) in [5.74, 6) is 1.70. The number of nitrogens with one attached hydrogen (secondary N) is 1. The minimum Gasteiger partial charge on any atom is -0.492 e. The number of carbonyl (C=O) groups excluding carboxylic acids is 1. The fourth-order valence-electron chi connectivity index (χ4n) is 6.78. The van der Waals surface area contributed by atoms with Crippen molar-refractivity contribution in [1.29, 1.82) is 0 Å². The van der Waals surface area contributed by atoms with Crippen molar-refractivity contribution in [3.63, 3.8) is 0 Å². The molecule has 0 spiro atoms. The van der Waals surface area contributed by atoms with E-state index in [1.54, 1.807) is 46.0 Å². The van der Waals surface area contributed by atoms with Gasteiger partial charge in [-0.1, -0.05) is 47.5 Å². The number of nitrogens with two attached hydrogens (primary N) is 1. The lowest BCUT2D eigenvalue weighted by molar-refractivity contribution is 0.0696. The number of pyridine rings is 2. The molecule has 6 aromatic heterocycles. The van der Waals surface area contributed by atoms with Crippen molar-refractivity contribution in [2.24, 2.45) is 5.73 Å². The average Bonchev–Trinajstić information content (AvgIpc) is 4.11. The van der Waals surface area contributed by atoms with E-state index in [2.05, 4.69) is 60.5 Å². The Morgan fingerprint density at radius 1 is 0.683 bits per heavy atom. The van der Waals surface area contributed by atoms with Crippen LogP contribution < -0.4 is 20.5 Å². The molecule has 0 unspecified atom stereocenters. The van der Waals surface area contributed by atoms with Gasteiger partial charge in [-0.25, -0.2) is 14.8 Å². The van der Waals surface area contributed by atoms with Gasteiger partial charge in [0.1, 0.15) is 36.0 Å². The Hall–Kier alpha value is -6.68. The molecule has 4 N–H and O–H groups in total. The predicted molar refractivity (Wildman–Crippen MR) is 239 cm³/mol. The zero-order chi connectivity index (χ0) is 43.7. The molecule has 324 valence electrons. The molecule has 10 rings (SSSR count). The Bertz CT molecular complexity index is 2820. The molecule has 2 aliphatic carbocycles. The number of halogens is 2. The van der Waals surface area contributed by atoms with Crippen molar-refractivity contribution in [3.8, 4) is 11.5 Å². The van der Waals surface area contributed by atoms with Crippen LogP contribution in [0, 0.1) is 0 Å². The van der Waals surface area contributed by atoms with E-state index in [4.69, 9.17) is 43.5 Å². The van der Waals surface area contributed by atoms with E-state index in [0.29, 0.717) is 72.6 Å². The molecule has 2 fully saturated rings. The van der Waals surface area contributed by atoms with Crippen LogP contribution >= 0.6 is 23.2 Å². The molecule has 0 atom stereocenters. The van der Waals surface area contributed by atoms with Gasteiger partial charge < -0.3 is 34.4 Å². The van der Waals surface area contributed by atoms with E-state index in [-0.39, 0.29) is 11.5 Å². The summed E-state index contributed by atoms with van der Waals surface area (Å²) in [4.78, 5) is 32.4. The Balaban J connectivity index is 0.000000146. The van der Waals surface area contributed by atoms with E-state index in [0.717, 1.165) is 28.4 Å². The van der Waals surface area contributed by atoms with Crippen LogP contribution in [0.25, 0.3) is 11.3 Å². The number of imidazole rings is 2. The van der Waals surface area contributed by atoms with Gasteiger partial charge >= 0.3 is 5.97 Å². The first kappa shape index (κ1) is 43.0. The normalized spacial score (nSPS) is 13.2. The number of fused-ring (bicyclic) bond motifs is 2. The van der Waals surface area contributed by atoms with Crippen LogP contribution in [-0.4, -0.2) is 81.6 Å². The zero-order valence-corrected chi connectivity index (χ0v) is 35.8. The lowest BCUT2D eigenvalue weighted by atomic mass is 10.2. The maximum absolute atomic E-state index is 12.4. The smallest absolute Gasteiger partial charge is 0.338 e. The Kier molecular flexibility index (Phi) is 13.7. The standard InChI is InChI=1S/C23H22ClN5O2.C15H14N4O2.C8H10ClNO/c24-19-2-1-3-21(10-19)31-9-8-25-23(30)18-11-26-29(13-18)15-20-14-28-12-17(16-4-5-16)6-7-22(28)27-20;20-15(21)12-5-16-19(7-12)9-13-8-18-6-11(10-1-2-10)3-4-14(18)17-13;9-7-2-1-3-8(6-7)11-5-4-10/h1-3,6-7,10-14,16H,4-5,8-9,15H2,(H,25,30);3-8,10H,1-2,9H2,(H,20,21);1-3,6H,4-5,10H2.